The van der Waals surface area contributed by atoms with Crippen LogP contribution in [0, 0.1) is 0 Å². The average Bonchev–Trinajstić information content (AvgIpc) is 3.26. The van der Waals surface area contributed by atoms with Crippen LogP contribution in [0.1, 0.15) is 30.4 Å². The first-order valence-corrected chi connectivity index (χ1v) is 12.6. The number of nitrogens with zero attached hydrogens (tertiary/aromatic N) is 3. The van der Waals surface area contributed by atoms with Crippen LogP contribution in [-0.4, -0.2) is 57.1 Å². The first-order chi connectivity index (χ1) is 17.0. The molecule has 0 aliphatic carbocycles. The quantitative estimate of drug-likeness (QED) is 0.335. The Morgan fingerprint density at radius 1 is 1.26 bits per heavy atom. The third kappa shape index (κ3) is 6.92. The number of carbonyl (C=O) groups is 2. The second kappa shape index (κ2) is 12.0. The molecular weight excluding hydrogens is 464 g/mol. The summed E-state index contributed by atoms with van der Waals surface area (Å²) in [6, 6.07) is 8.78. The summed E-state index contributed by atoms with van der Waals surface area (Å²) in [7, 11) is 0. The molecule has 1 fully saturated rings. The highest BCUT2D eigenvalue weighted by atomic mass is 32.1. The zero-order valence-electron chi connectivity index (χ0n) is 19.4. The third-order valence-electron chi connectivity index (χ3n) is 5.85. The molecule has 3 aromatic rings. The Bertz CT molecular complexity index is 1140. The lowest BCUT2D eigenvalue weighted by Crippen LogP contribution is -2.51. The van der Waals surface area contributed by atoms with Gasteiger partial charge in [-0.15, -0.1) is 11.3 Å². The van der Waals surface area contributed by atoms with Crippen LogP contribution in [0.25, 0.3) is 10.6 Å². The normalized spacial score (nSPS) is 17.1. The van der Waals surface area contributed by atoms with Crippen molar-refractivity contribution in [1.29, 1.82) is 0 Å². The number of carbonyl (C=O) groups excluding carboxylic acids is 2. The molecule has 0 spiro atoms. The van der Waals surface area contributed by atoms with Crippen molar-refractivity contribution >= 4 is 28.8 Å². The van der Waals surface area contributed by atoms with Gasteiger partial charge in [0.25, 0.3) is 0 Å². The number of nitrogens with one attached hydrogen (secondary N) is 2. The molecule has 2 aromatic heterocycles. The van der Waals surface area contributed by atoms with Crippen molar-refractivity contribution < 1.29 is 14.7 Å². The number of hydrogen-bond acceptors (Lipinski definition) is 8. The standard InChI is InChI=1S/C25H30N6O3S/c26-13-17-4-3-5-19(10-17)29-24(33)15-31-9-2-1-6-20(25(31)34)30-23(32)12-18-11-22(35-16-18)21-14-27-7-8-28-21/h3-5,7-8,10-11,14,16,20,23,30,32H,1-2,6,9,12-13,15,26H2,(H,29,33). The maximum Gasteiger partial charge on any atom is 0.243 e. The summed E-state index contributed by atoms with van der Waals surface area (Å²) in [6.45, 7) is 0.860. The van der Waals surface area contributed by atoms with Gasteiger partial charge in [0, 0.05) is 37.6 Å². The number of thiophene rings is 1. The fraction of sp³-hybridized carbons (Fsp3) is 0.360. The Labute approximate surface area is 208 Å². The molecule has 35 heavy (non-hydrogen) atoms. The average molecular weight is 495 g/mol. The second-order valence-corrected chi connectivity index (χ2v) is 9.47. The minimum Gasteiger partial charge on any atom is -0.378 e. The molecule has 4 rings (SSSR count). The summed E-state index contributed by atoms with van der Waals surface area (Å²) in [4.78, 5) is 36.7. The Kier molecular flexibility index (Phi) is 8.54. The van der Waals surface area contributed by atoms with Gasteiger partial charge in [0.1, 0.15) is 6.23 Å². The number of amides is 2. The van der Waals surface area contributed by atoms with E-state index in [1.165, 1.54) is 11.3 Å². The number of aromatic nitrogens is 2. The number of aliphatic hydroxyl groups is 1. The highest BCUT2D eigenvalue weighted by Gasteiger charge is 2.29. The topological polar surface area (TPSA) is 133 Å². The van der Waals surface area contributed by atoms with Crippen LogP contribution in [0.5, 0.6) is 0 Å². The number of aliphatic hydroxyl groups excluding tert-OH is 1. The molecule has 10 heteroatoms. The van der Waals surface area contributed by atoms with Crippen molar-refractivity contribution in [3.05, 3.63) is 65.4 Å². The fourth-order valence-corrected chi connectivity index (χ4v) is 5.01. The van der Waals surface area contributed by atoms with Gasteiger partial charge in [0.05, 0.1) is 29.4 Å². The highest BCUT2D eigenvalue weighted by molar-refractivity contribution is 7.13. The van der Waals surface area contributed by atoms with Crippen molar-refractivity contribution in [2.24, 2.45) is 5.73 Å². The molecule has 1 aliphatic heterocycles. The first-order valence-electron chi connectivity index (χ1n) is 11.7. The summed E-state index contributed by atoms with van der Waals surface area (Å²) >= 11 is 1.54. The minimum absolute atomic E-state index is 0.0358. The fourth-order valence-electron chi connectivity index (χ4n) is 4.12. The molecule has 9 nitrogen and oxygen atoms in total. The number of nitrogens with two attached hydrogens (primary N) is 1. The highest BCUT2D eigenvalue weighted by Crippen LogP contribution is 2.25. The Hall–Kier alpha value is -3.18. The maximum absolute atomic E-state index is 13.2. The van der Waals surface area contributed by atoms with Crippen LogP contribution in [0.2, 0.25) is 0 Å². The number of rotatable bonds is 9. The lowest BCUT2D eigenvalue weighted by atomic mass is 10.1. The van der Waals surface area contributed by atoms with Gasteiger partial charge in [-0.05, 0) is 54.0 Å². The lowest BCUT2D eigenvalue weighted by molar-refractivity contribution is -0.136. The molecule has 2 amide bonds. The van der Waals surface area contributed by atoms with E-state index in [2.05, 4.69) is 20.6 Å². The lowest BCUT2D eigenvalue weighted by Gasteiger charge is -2.26. The Morgan fingerprint density at radius 2 is 2.14 bits per heavy atom. The molecule has 5 N–H and O–H groups in total. The van der Waals surface area contributed by atoms with Gasteiger partial charge in [-0.3, -0.25) is 24.9 Å². The molecule has 1 aromatic carbocycles. The van der Waals surface area contributed by atoms with E-state index < -0.39 is 12.3 Å². The van der Waals surface area contributed by atoms with Crippen molar-refractivity contribution in [3.8, 4) is 10.6 Å². The zero-order chi connectivity index (χ0) is 24.6. The number of anilines is 1. The second-order valence-electron chi connectivity index (χ2n) is 8.56. The van der Waals surface area contributed by atoms with Gasteiger partial charge in [-0.1, -0.05) is 12.1 Å². The van der Waals surface area contributed by atoms with E-state index in [0.717, 1.165) is 34.5 Å². The van der Waals surface area contributed by atoms with Crippen LogP contribution >= 0.6 is 11.3 Å². The molecule has 184 valence electrons. The van der Waals surface area contributed by atoms with E-state index in [1.54, 1.807) is 29.6 Å². The van der Waals surface area contributed by atoms with E-state index >= 15 is 0 Å². The van der Waals surface area contributed by atoms with Crippen LogP contribution in [-0.2, 0) is 22.6 Å². The van der Waals surface area contributed by atoms with Crippen LogP contribution in [0.3, 0.4) is 0 Å². The summed E-state index contributed by atoms with van der Waals surface area (Å²) in [6.07, 6.45) is 6.70. The molecule has 2 atom stereocenters. The monoisotopic (exact) mass is 494 g/mol. The Morgan fingerprint density at radius 3 is 2.94 bits per heavy atom. The predicted molar refractivity (Wildman–Crippen MR) is 135 cm³/mol. The molecular formula is C25H30N6O3S. The van der Waals surface area contributed by atoms with Gasteiger partial charge in [-0.25, -0.2) is 0 Å². The first kappa shape index (κ1) is 24.9. The van der Waals surface area contributed by atoms with E-state index in [0.29, 0.717) is 31.6 Å². The minimum atomic E-state index is -0.888. The largest absolute Gasteiger partial charge is 0.378 e. The molecule has 3 heterocycles. The molecule has 1 saturated heterocycles. The summed E-state index contributed by atoms with van der Waals surface area (Å²) in [5, 5.41) is 18.5. The predicted octanol–water partition coefficient (Wildman–Crippen LogP) is 2.13. The Balaban J connectivity index is 1.32. The molecule has 0 radical (unpaired) electrons. The number of hydrogen-bond donors (Lipinski definition) is 4. The van der Waals surface area contributed by atoms with Gasteiger partial charge >= 0.3 is 0 Å². The van der Waals surface area contributed by atoms with Crippen LogP contribution in [0.15, 0.2) is 54.3 Å². The summed E-state index contributed by atoms with van der Waals surface area (Å²) < 4.78 is 0. The van der Waals surface area contributed by atoms with E-state index in [9.17, 15) is 14.7 Å². The molecule has 2 unspecified atom stereocenters. The molecule has 0 saturated carbocycles. The van der Waals surface area contributed by atoms with Crippen molar-refractivity contribution in [1.82, 2.24) is 20.2 Å². The van der Waals surface area contributed by atoms with Gasteiger partial charge in [0.2, 0.25) is 11.8 Å². The summed E-state index contributed by atoms with van der Waals surface area (Å²) in [5.41, 5.74) is 8.98. The maximum atomic E-state index is 13.2. The molecule has 1 aliphatic rings. The van der Waals surface area contributed by atoms with Crippen molar-refractivity contribution in [3.63, 3.8) is 0 Å². The van der Waals surface area contributed by atoms with Crippen LogP contribution < -0.4 is 16.4 Å². The van der Waals surface area contributed by atoms with E-state index in [1.807, 2.05) is 29.6 Å². The van der Waals surface area contributed by atoms with Gasteiger partial charge in [-0.2, -0.15) is 0 Å². The van der Waals surface area contributed by atoms with E-state index in [4.69, 9.17) is 5.73 Å². The zero-order valence-corrected chi connectivity index (χ0v) is 20.2. The van der Waals surface area contributed by atoms with Crippen molar-refractivity contribution in [2.75, 3.05) is 18.4 Å². The number of benzene rings is 1. The summed E-state index contributed by atoms with van der Waals surface area (Å²) in [5.74, 6) is -0.429. The SMILES string of the molecule is NCc1cccc(NC(=O)CN2CCCCC(NC(O)Cc3csc(-c4cnccn4)c3)C2=O)c1. The third-order valence-corrected chi connectivity index (χ3v) is 6.86. The smallest absolute Gasteiger partial charge is 0.243 e. The van der Waals surface area contributed by atoms with Gasteiger partial charge < -0.3 is 21.1 Å². The van der Waals surface area contributed by atoms with Crippen LogP contribution in [0.4, 0.5) is 5.69 Å². The van der Waals surface area contributed by atoms with E-state index in [-0.39, 0.29) is 18.4 Å². The molecule has 0 bridgehead atoms. The number of likely N-dealkylation sites (tertiary alicyclic amines) is 1. The van der Waals surface area contributed by atoms with Gasteiger partial charge in [0.15, 0.2) is 0 Å². The van der Waals surface area contributed by atoms with Crippen molar-refractivity contribution in [2.45, 2.75) is 44.5 Å².